The van der Waals surface area contributed by atoms with Crippen molar-refractivity contribution in [2.75, 3.05) is 31.1 Å². The molecule has 1 unspecified atom stereocenters. The third-order valence-corrected chi connectivity index (χ3v) is 7.02. The molecule has 2 aliphatic rings. The van der Waals surface area contributed by atoms with Crippen molar-refractivity contribution in [2.45, 2.75) is 38.3 Å². The zero-order chi connectivity index (χ0) is 25.1. The third-order valence-electron chi connectivity index (χ3n) is 7.02. The van der Waals surface area contributed by atoms with Gasteiger partial charge in [0.15, 0.2) is 11.6 Å². The van der Waals surface area contributed by atoms with Crippen molar-refractivity contribution >= 4 is 11.8 Å². The maximum atomic E-state index is 14.8. The van der Waals surface area contributed by atoms with Gasteiger partial charge in [-0.2, -0.15) is 0 Å². The number of hydrogen-bond donors (Lipinski definition) is 0. The van der Waals surface area contributed by atoms with Crippen molar-refractivity contribution in [3.8, 4) is 16.9 Å². The molecule has 2 aliphatic heterocycles. The zero-order valence-electron chi connectivity index (χ0n) is 20.4. The van der Waals surface area contributed by atoms with Crippen LogP contribution in [-0.2, 0) is 11.3 Å². The van der Waals surface area contributed by atoms with E-state index < -0.39 is 17.2 Å². The summed E-state index contributed by atoms with van der Waals surface area (Å²) in [7, 11) is 0. The number of rotatable bonds is 6. The van der Waals surface area contributed by atoms with E-state index in [1.807, 2.05) is 61.5 Å². The van der Waals surface area contributed by atoms with Gasteiger partial charge in [-0.25, -0.2) is 13.6 Å². The largest absolute Gasteiger partial charge is 0.494 e. The van der Waals surface area contributed by atoms with Crippen LogP contribution in [0.5, 0.6) is 5.75 Å². The van der Waals surface area contributed by atoms with E-state index in [-0.39, 0.29) is 6.09 Å². The van der Waals surface area contributed by atoms with Crippen molar-refractivity contribution < 1.29 is 23.0 Å². The van der Waals surface area contributed by atoms with Gasteiger partial charge in [-0.05, 0) is 73.8 Å². The highest BCUT2D eigenvalue weighted by Crippen LogP contribution is 2.36. The van der Waals surface area contributed by atoms with Crippen molar-refractivity contribution in [3.05, 3.63) is 83.9 Å². The Bertz CT molecular complexity index is 1220. The maximum Gasteiger partial charge on any atom is 0.415 e. The number of amides is 1. The van der Waals surface area contributed by atoms with E-state index in [2.05, 4.69) is 4.90 Å². The molecule has 7 heteroatoms. The number of anilines is 1. The molecule has 0 aliphatic carbocycles. The lowest BCUT2D eigenvalue weighted by atomic mass is 9.95. The Morgan fingerprint density at radius 1 is 0.972 bits per heavy atom. The summed E-state index contributed by atoms with van der Waals surface area (Å²) in [5, 5.41) is 0. The molecule has 0 bridgehead atoms. The summed E-state index contributed by atoms with van der Waals surface area (Å²) in [5.41, 5.74) is 2.01. The molecule has 0 aromatic heterocycles. The summed E-state index contributed by atoms with van der Waals surface area (Å²) in [6, 6.07) is 19.8. The van der Waals surface area contributed by atoms with Crippen molar-refractivity contribution in [1.82, 2.24) is 4.90 Å². The highest BCUT2D eigenvalue weighted by molar-refractivity contribution is 5.90. The minimum atomic E-state index is -0.856. The van der Waals surface area contributed by atoms with Gasteiger partial charge in [-0.1, -0.05) is 30.3 Å². The van der Waals surface area contributed by atoms with Gasteiger partial charge in [-0.15, -0.1) is 0 Å². The molecular formula is C29H30F2N2O3. The van der Waals surface area contributed by atoms with Crippen molar-refractivity contribution in [3.63, 3.8) is 0 Å². The number of ether oxygens (including phenoxy) is 2. The van der Waals surface area contributed by atoms with Crippen molar-refractivity contribution in [2.24, 2.45) is 0 Å². The van der Waals surface area contributed by atoms with Gasteiger partial charge in [0.25, 0.3) is 0 Å². The number of benzene rings is 3. The fourth-order valence-electron chi connectivity index (χ4n) is 5.15. The van der Waals surface area contributed by atoms with Crippen LogP contribution in [0.4, 0.5) is 19.3 Å². The first-order chi connectivity index (χ1) is 17.5. The van der Waals surface area contributed by atoms with Crippen LogP contribution in [0.15, 0.2) is 66.7 Å². The SMILES string of the molecule is CCOc1ccc(-c2cc(F)c(F)c(CN3CCCC4(CC3)CN(c3ccccc3)C(=O)O4)c2)cc1. The number of nitrogens with zero attached hydrogens (tertiary/aromatic N) is 2. The molecule has 2 fully saturated rings. The van der Waals surface area contributed by atoms with Gasteiger partial charge in [-0.3, -0.25) is 9.80 Å². The van der Waals surface area contributed by atoms with Crippen LogP contribution < -0.4 is 9.64 Å². The number of halogens is 2. The van der Waals surface area contributed by atoms with E-state index >= 15 is 0 Å². The molecule has 5 rings (SSSR count). The lowest BCUT2D eigenvalue weighted by Gasteiger charge is -2.26. The summed E-state index contributed by atoms with van der Waals surface area (Å²) in [5.74, 6) is -0.932. The van der Waals surface area contributed by atoms with Crippen LogP contribution in [0.2, 0.25) is 0 Å². The Balaban J connectivity index is 1.29. The Morgan fingerprint density at radius 3 is 2.50 bits per heavy atom. The van der Waals surface area contributed by atoms with E-state index in [4.69, 9.17) is 9.47 Å². The third kappa shape index (κ3) is 5.07. The number of hydrogen-bond acceptors (Lipinski definition) is 4. The quantitative estimate of drug-likeness (QED) is 0.399. The average molecular weight is 493 g/mol. The molecule has 1 spiro atoms. The van der Waals surface area contributed by atoms with Crippen LogP contribution in [0, 0.1) is 11.6 Å². The van der Waals surface area contributed by atoms with E-state index in [1.54, 1.807) is 11.0 Å². The van der Waals surface area contributed by atoms with E-state index in [0.29, 0.717) is 43.8 Å². The molecule has 5 nitrogen and oxygen atoms in total. The van der Waals surface area contributed by atoms with Gasteiger partial charge < -0.3 is 9.47 Å². The normalized spacial score (nSPS) is 20.4. The minimum Gasteiger partial charge on any atom is -0.494 e. The number of likely N-dealkylation sites (tertiary alicyclic amines) is 1. The number of carbonyl (C=O) groups excluding carboxylic acids is 1. The maximum absolute atomic E-state index is 14.8. The lowest BCUT2D eigenvalue weighted by Crippen LogP contribution is -2.36. The predicted molar refractivity (Wildman–Crippen MR) is 135 cm³/mol. The molecular weight excluding hydrogens is 462 g/mol. The molecule has 0 radical (unpaired) electrons. The van der Waals surface area contributed by atoms with Crippen molar-refractivity contribution in [1.29, 1.82) is 0 Å². The molecule has 0 N–H and O–H groups in total. The van der Waals surface area contributed by atoms with E-state index in [9.17, 15) is 13.6 Å². The summed E-state index contributed by atoms with van der Waals surface area (Å²) in [6.45, 7) is 4.62. The van der Waals surface area contributed by atoms with E-state index in [0.717, 1.165) is 36.4 Å². The van der Waals surface area contributed by atoms with Gasteiger partial charge in [0.05, 0.1) is 13.2 Å². The summed E-state index contributed by atoms with van der Waals surface area (Å²) in [6.07, 6.45) is 1.86. The van der Waals surface area contributed by atoms with Crippen LogP contribution >= 0.6 is 0 Å². The first-order valence-electron chi connectivity index (χ1n) is 12.5. The smallest absolute Gasteiger partial charge is 0.415 e. The molecule has 2 saturated heterocycles. The highest BCUT2D eigenvalue weighted by Gasteiger charge is 2.46. The highest BCUT2D eigenvalue weighted by atomic mass is 19.2. The first kappa shape index (κ1) is 24.3. The monoisotopic (exact) mass is 492 g/mol. The molecule has 1 amide bonds. The minimum absolute atomic E-state index is 0.292. The van der Waals surface area contributed by atoms with E-state index in [1.165, 1.54) is 6.07 Å². The molecule has 36 heavy (non-hydrogen) atoms. The van der Waals surface area contributed by atoms with Gasteiger partial charge >= 0.3 is 6.09 Å². The fourth-order valence-corrected chi connectivity index (χ4v) is 5.15. The molecule has 3 aromatic rings. The second-order valence-electron chi connectivity index (χ2n) is 9.49. The first-order valence-corrected chi connectivity index (χ1v) is 12.5. The standard InChI is InChI=1S/C29H30F2N2O3/c1-2-35-25-11-9-21(10-12-25)22-17-23(27(31)26(30)18-22)19-32-15-6-13-29(14-16-32)20-33(28(34)36-29)24-7-4-3-5-8-24/h3-5,7-12,17-18H,2,6,13-16,19-20H2,1H3. The summed E-state index contributed by atoms with van der Waals surface area (Å²) in [4.78, 5) is 16.4. The molecule has 1 atom stereocenters. The number of carbonyl (C=O) groups is 1. The van der Waals surface area contributed by atoms with Crippen LogP contribution in [0.25, 0.3) is 11.1 Å². The fraction of sp³-hybridized carbons (Fsp3) is 0.345. The Kier molecular flexibility index (Phi) is 6.92. The van der Waals surface area contributed by atoms with Crippen LogP contribution in [0.3, 0.4) is 0 Å². The van der Waals surface area contributed by atoms with Gasteiger partial charge in [0.1, 0.15) is 11.4 Å². The summed E-state index contributed by atoms with van der Waals surface area (Å²) >= 11 is 0. The second-order valence-corrected chi connectivity index (χ2v) is 9.49. The van der Waals surface area contributed by atoms with Crippen LogP contribution in [-0.4, -0.2) is 42.8 Å². The predicted octanol–water partition coefficient (Wildman–Crippen LogP) is 6.41. The average Bonchev–Trinajstić information content (AvgIpc) is 3.09. The number of para-hydroxylation sites is 1. The summed E-state index contributed by atoms with van der Waals surface area (Å²) < 4.78 is 40.7. The zero-order valence-corrected chi connectivity index (χ0v) is 20.4. The second kappa shape index (κ2) is 10.3. The molecule has 0 saturated carbocycles. The lowest BCUT2D eigenvalue weighted by molar-refractivity contribution is 0.0443. The molecule has 3 aromatic carbocycles. The Labute approximate surface area is 210 Å². The molecule has 188 valence electrons. The topological polar surface area (TPSA) is 42.0 Å². The van der Waals surface area contributed by atoms with Gasteiger partial charge in [0.2, 0.25) is 0 Å². The Morgan fingerprint density at radius 2 is 1.75 bits per heavy atom. The van der Waals surface area contributed by atoms with Crippen LogP contribution in [0.1, 0.15) is 31.7 Å². The van der Waals surface area contributed by atoms with Gasteiger partial charge in [0, 0.05) is 30.8 Å². The molecule has 2 heterocycles. The Hall–Kier alpha value is -3.45.